The van der Waals surface area contributed by atoms with Crippen molar-refractivity contribution in [3.63, 3.8) is 0 Å². The van der Waals surface area contributed by atoms with Crippen LogP contribution in [0.4, 0.5) is 0 Å². The van der Waals surface area contributed by atoms with Crippen LogP contribution in [0.2, 0.25) is 0 Å². The second kappa shape index (κ2) is 8.67. The fourth-order valence-corrected chi connectivity index (χ4v) is 4.19. The molecule has 5 heteroatoms. The molecule has 2 aliphatic rings. The Bertz CT molecular complexity index is 617. The number of hydrogen-bond donors (Lipinski definition) is 1. The summed E-state index contributed by atoms with van der Waals surface area (Å²) in [5.41, 5.74) is 7.08. The molecular formula is C21H31N3O2. The van der Waals surface area contributed by atoms with Crippen molar-refractivity contribution in [2.75, 3.05) is 26.2 Å². The van der Waals surface area contributed by atoms with Gasteiger partial charge in [0.05, 0.1) is 12.3 Å². The number of likely N-dealkylation sites (tertiary alicyclic amines) is 2. The van der Waals surface area contributed by atoms with E-state index < -0.39 is 0 Å². The molecule has 0 radical (unpaired) electrons. The Hall–Kier alpha value is -1.88. The highest BCUT2D eigenvalue weighted by Crippen LogP contribution is 2.24. The van der Waals surface area contributed by atoms with Crippen molar-refractivity contribution in [2.45, 2.75) is 45.1 Å². The third-order valence-corrected chi connectivity index (χ3v) is 5.83. The predicted octanol–water partition coefficient (Wildman–Crippen LogP) is 2.05. The third-order valence-electron chi connectivity index (χ3n) is 5.83. The Labute approximate surface area is 156 Å². The van der Waals surface area contributed by atoms with Crippen molar-refractivity contribution in [1.82, 2.24) is 9.80 Å². The SMILES string of the molecule is CC(N)C1CCCN(C(=O)C2CCCN(C(=O)Cc3ccccc3)C2)C1. The maximum absolute atomic E-state index is 13.0. The summed E-state index contributed by atoms with van der Waals surface area (Å²) in [6, 6.07) is 9.95. The minimum atomic E-state index is -0.0599. The largest absolute Gasteiger partial charge is 0.342 e. The summed E-state index contributed by atoms with van der Waals surface area (Å²) >= 11 is 0. The molecule has 2 N–H and O–H groups in total. The van der Waals surface area contributed by atoms with Crippen LogP contribution >= 0.6 is 0 Å². The molecule has 142 valence electrons. The summed E-state index contributed by atoms with van der Waals surface area (Å²) in [4.78, 5) is 29.5. The monoisotopic (exact) mass is 357 g/mol. The Morgan fingerprint density at radius 3 is 2.50 bits per heavy atom. The Kier molecular flexibility index (Phi) is 6.30. The number of amides is 2. The van der Waals surface area contributed by atoms with Gasteiger partial charge in [0.1, 0.15) is 0 Å². The second-order valence-corrected chi connectivity index (χ2v) is 7.89. The Morgan fingerprint density at radius 2 is 1.77 bits per heavy atom. The summed E-state index contributed by atoms with van der Waals surface area (Å²) in [5, 5.41) is 0. The fraction of sp³-hybridized carbons (Fsp3) is 0.619. The minimum absolute atomic E-state index is 0.0599. The molecule has 1 aromatic rings. The number of piperidine rings is 2. The number of rotatable bonds is 4. The van der Waals surface area contributed by atoms with E-state index in [2.05, 4.69) is 0 Å². The van der Waals surface area contributed by atoms with Gasteiger partial charge in [0.15, 0.2) is 0 Å². The van der Waals surface area contributed by atoms with Crippen molar-refractivity contribution in [3.05, 3.63) is 35.9 Å². The van der Waals surface area contributed by atoms with E-state index in [0.29, 0.717) is 18.9 Å². The van der Waals surface area contributed by atoms with Crippen LogP contribution in [0.15, 0.2) is 30.3 Å². The van der Waals surface area contributed by atoms with Gasteiger partial charge in [-0.05, 0) is 44.1 Å². The van der Waals surface area contributed by atoms with Crippen molar-refractivity contribution in [1.29, 1.82) is 0 Å². The molecule has 3 unspecified atom stereocenters. The van der Waals surface area contributed by atoms with Gasteiger partial charge in [-0.15, -0.1) is 0 Å². The molecule has 5 nitrogen and oxygen atoms in total. The van der Waals surface area contributed by atoms with E-state index in [1.807, 2.05) is 47.1 Å². The maximum Gasteiger partial charge on any atom is 0.227 e. The Morgan fingerprint density at radius 1 is 1.08 bits per heavy atom. The molecule has 0 aliphatic carbocycles. The first-order valence-electron chi connectivity index (χ1n) is 9.90. The second-order valence-electron chi connectivity index (χ2n) is 7.89. The average molecular weight is 357 g/mol. The molecule has 2 fully saturated rings. The first kappa shape index (κ1) is 18.9. The van der Waals surface area contributed by atoms with Crippen LogP contribution in [-0.2, 0) is 16.0 Å². The zero-order valence-corrected chi connectivity index (χ0v) is 15.8. The van der Waals surface area contributed by atoms with Gasteiger partial charge in [0, 0.05) is 32.2 Å². The first-order chi connectivity index (χ1) is 12.5. The van der Waals surface area contributed by atoms with Crippen LogP contribution in [-0.4, -0.2) is 53.8 Å². The number of nitrogens with zero attached hydrogens (tertiary/aromatic N) is 2. The molecule has 1 aromatic carbocycles. The summed E-state index contributed by atoms with van der Waals surface area (Å²) < 4.78 is 0. The summed E-state index contributed by atoms with van der Waals surface area (Å²) in [6.45, 7) is 4.95. The molecule has 2 heterocycles. The topological polar surface area (TPSA) is 66.6 Å². The maximum atomic E-state index is 13.0. The normalized spacial score (nSPS) is 25.0. The minimum Gasteiger partial charge on any atom is -0.342 e. The highest BCUT2D eigenvalue weighted by atomic mass is 16.2. The third kappa shape index (κ3) is 4.64. The number of carbonyl (C=O) groups excluding carboxylic acids is 2. The smallest absolute Gasteiger partial charge is 0.227 e. The van der Waals surface area contributed by atoms with Crippen molar-refractivity contribution in [2.24, 2.45) is 17.6 Å². The summed E-state index contributed by atoms with van der Waals surface area (Å²) in [7, 11) is 0. The molecule has 3 atom stereocenters. The fourth-order valence-electron chi connectivity index (χ4n) is 4.19. The average Bonchev–Trinajstić information content (AvgIpc) is 2.68. The first-order valence-corrected chi connectivity index (χ1v) is 9.90. The van der Waals surface area contributed by atoms with E-state index in [-0.39, 0.29) is 23.8 Å². The molecule has 0 saturated carbocycles. The van der Waals surface area contributed by atoms with E-state index in [1.54, 1.807) is 0 Å². The van der Waals surface area contributed by atoms with Gasteiger partial charge in [-0.2, -0.15) is 0 Å². The van der Waals surface area contributed by atoms with Gasteiger partial charge in [-0.1, -0.05) is 30.3 Å². The van der Waals surface area contributed by atoms with Gasteiger partial charge in [-0.25, -0.2) is 0 Å². The van der Waals surface area contributed by atoms with E-state index in [1.165, 1.54) is 0 Å². The number of carbonyl (C=O) groups is 2. The van der Waals surface area contributed by atoms with E-state index in [0.717, 1.165) is 50.9 Å². The van der Waals surface area contributed by atoms with Gasteiger partial charge < -0.3 is 15.5 Å². The van der Waals surface area contributed by atoms with E-state index in [9.17, 15) is 9.59 Å². The molecule has 26 heavy (non-hydrogen) atoms. The van der Waals surface area contributed by atoms with Crippen LogP contribution in [0.1, 0.15) is 38.2 Å². The molecule has 0 aromatic heterocycles. The van der Waals surface area contributed by atoms with Gasteiger partial charge in [-0.3, -0.25) is 9.59 Å². The lowest BCUT2D eigenvalue weighted by Gasteiger charge is -2.39. The molecule has 2 aliphatic heterocycles. The number of hydrogen-bond acceptors (Lipinski definition) is 3. The zero-order valence-electron chi connectivity index (χ0n) is 15.8. The highest BCUT2D eigenvalue weighted by molar-refractivity contribution is 5.82. The van der Waals surface area contributed by atoms with E-state index in [4.69, 9.17) is 5.73 Å². The van der Waals surface area contributed by atoms with Crippen LogP contribution in [0.3, 0.4) is 0 Å². The van der Waals surface area contributed by atoms with Gasteiger partial charge >= 0.3 is 0 Å². The summed E-state index contributed by atoms with van der Waals surface area (Å²) in [6.07, 6.45) is 4.34. The van der Waals surface area contributed by atoms with E-state index >= 15 is 0 Å². The number of nitrogens with two attached hydrogens (primary N) is 1. The van der Waals surface area contributed by atoms with Crippen LogP contribution < -0.4 is 5.73 Å². The molecule has 0 bridgehead atoms. The predicted molar refractivity (Wildman–Crippen MR) is 102 cm³/mol. The molecule has 0 spiro atoms. The quantitative estimate of drug-likeness (QED) is 0.897. The summed E-state index contributed by atoms with van der Waals surface area (Å²) in [5.74, 6) is 0.677. The molecular weight excluding hydrogens is 326 g/mol. The van der Waals surface area contributed by atoms with Crippen LogP contribution in [0.25, 0.3) is 0 Å². The highest BCUT2D eigenvalue weighted by Gasteiger charge is 2.33. The zero-order chi connectivity index (χ0) is 18.5. The van der Waals surface area contributed by atoms with Gasteiger partial charge in [0.2, 0.25) is 11.8 Å². The number of benzene rings is 1. The lowest BCUT2D eigenvalue weighted by atomic mass is 9.90. The molecule has 3 rings (SSSR count). The van der Waals surface area contributed by atoms with Crippen LogP contribution in [0.5, 0.6) is 0 Å². The van der Waals surface area contributed by atoms with Crippen molar-refractivity contribution in [3.8, 4) is 0 Å². The van der Waals surface area contributed by atoms with Crippen molar-refractivity contribution < 1.29 is 9.59 Å². The van der Waals surface area contributed by atoms with Gasteiger partial charge in [0.25, 0.3) is 0 Å². The Balaban J connectivity index is 1.57. The van der Waals surface area contributed by atoms with Crippen molar-refractivity contribution >= 4 is 11.8 Å². The van der Waals surface area contributed by atoms with Crippen LogP contribution in [0, 0.1) is 11.8 Å². The molecule has 2 amide bonds. The standard InChI is InChI=1S/C21H31N3O2/c1-16(22)18-9-5-12-24(14-18)21(26)19-10-6-11-23(15-19)20(25)13-17-7-3-2-4-8-17/h2-4,7-8,16,18-19H,5-6,9-15,22H2,1H3. The lowest BCUT2D eigenvalue weighted by molar-refractivity contribution is -0.142. The lowest BCUT2D eigenvalue weighted by Crippen LogP contribution is -2.51. The molecule has 2 saturated heterocycles.